The Hall–Kier alpha value is -0.630. The van der Waals surface area contributed by atoms with Gasteiger partial charge in [-0.2, -0.15) is 0 Å². The summed E-state index contributed by atoms with van der Waals surface area (Å²) in [4.78, 5) is -0.0240. The molecule has 1 atom stereocenters. The number of hydrogen-bond donors (Lipinski definition) is 1. The lowest BCUT2D eigenvalue weighted by Gasteiger charge is -2.20. The third kappa shape index (κ3) is 3.94. The molecule has 0 radical (unpaired) electrons. The van der Waals surface area contributed by atoms with Gasteiger partial charge >= 0.3 is 0 Å². The van der Waals surface area contributed by atoms with Crippen LogP contribution in [0.5, 0.6) is 5.75 Å². The normalized spacial score (nSPS) is 21.9. The highest BCUT2D eigenvalue weighted by molar-refractivity contribution is 9.10. The standard InChI is InChI=1S/C13H18BrNO4S/c1-13(2)6-5-10(19-13)8-18-11-4-3-9(14)7-12(11)20(15,16)17/h3-4,7,10H,5-6,8H2,1-2H3,(H2,15,16,17). The van der Waals surface area contributed by atoms with Crippen LogP contribution in [0.15, 0.2) is 27.6 Å². The summed E-state index contributed by atoms with van der Waals surface area (Å²) < 4.78 is 35.1. The molecule has 0 spiro atoms. The quantitative estimate of drug-likeness (QED) is 0.890. The molecule has 1 aromatic carbocycles. The number of nitrogens with two attached hydrogens (primary N) is 1. The van der Waals surface area contributed by atoms with E-state index in [9.17, 15) is 8.42 Å². The Morgan fingerprint density at radius 1 is 1.50 bits per heavy atom. The van der Waals surface area contributed by atoms with E-state index < -0.39 is 10.0 Å². The molecule has 2 N–H and O–H groups in total. The lowest BCUT2D eigenvalue weighted by Crippen LogP contribution is -2.24. The molecule has 0 saturated carbocycles. The molecule has 2 rings (SSSR count). The first-order valence-electron chi connectivity index (χ1n) is 6.30. The molecule has 0 amide bonds. The van der Waals surface area contributed by atoms with Crippen LogP contribution in [0, 0.1) is 0 Å². The van der Waals surface area contributed by atoms with Crippen molar-refractivity contribution in [2.45, 2.75) is 43.3 Å². The van der Waals surface area contributed by atoms with Crippen LogP contribution in [0.25, 0.3) is 0 Å². The number of rotatable bonds is 4. The molecule has 1 unspecified atom stereocenters. The summed E-state index contributed by atoms with van der Waals surface area (Å²) in [7, 11) is -3.82. The molecule has 1 aromatic rings. The molecule has 1 aliphatic rings. The summed E-state index contributed by atoms with van der Waals surface area (Å²) >= 11 is 3.22. The molecule has 0 aliphatic carbocycles. The van der Waals surface area contributed by atoms with E-state index in [1.807, 2.05) is 13.8 Å². The summed E-state index contributed by atoms with van der Waals surface area (Å²) in [5.74, 6) is 0.254. The van der Waals surface area contributed by atoms with E-state index in [-0.39, 0.29) is 22.4 Å². The van der Waals surface area contributed by atoms with Gasteiger partial charge in [-0.25, -0.2) is 13.6 Å². The molecule has 1 heterocycles. The van der Waals surface area contributed by atoms with Crippen molar-refractivity contribution >= 4 is 26.0 Å². The van der Waals surface area contributed by atoms with Crippen LogP contribution in [0.4, 0.5) is 0 Å². The number of primary sulfonamides is 1. The molecule has 1 saturated heterocycles. The Balaban J connectivity index is 2.11. The zero-order chi connectivity index (χ0) is 15.0. The smallest absolute Gasteiger partial charge is 0.241 e. The lowest BCUT2D eigenvalue weighted by molar-refractivity contribution is -0.0330. The van der Waals surface area contributed by atoms with E-state index in [2.05, 4.69) is 15.9 Å². The van der Waals surface area contributed by atoms with Crippen molar-refractivity contribution in [1.29, 1.82) is 0 Å². The highest BCUT2D eigenvalue weighted by Gasteiger charge is 2.32. The second-order valence-electron chi connectivity index (χ2n) is 5.49. The van der Waals surface area contributed by atoms with Gasteiger partial charge in [0.25, 0.3) is 0 Å². The molecular formula is C13H18BrNO4S. The number of benzene rings is 1. The summed E-state index contributed by atoms with van der Waals surface area (Å²) in [6.07, 6.45) is 1.83. The van der Waals surface area contributed by atoms with Gasteiger partial charge in [0, 0.05) is 4.47 Å². The molecule has 20 heavy (non-hydrogen) atoms. The van der Waals surface area contributed by atoms with Gasteiger partial charge in [0.15, 0.2) is 0 Å². The number of sulfonamides is 1. The Morgan fingerprint density at radius 2 is 2.20 bits per heavy atom. The molecular weight excluding hydrogens is 346 g/mol. The molecule has 1 fully saturated rings. The van der Waals surface area contributed by atoms with Gasteiger partial charge in [0.05, 0.1) is 11.7 Å². The van der Waals surface area contributed by atoms with Crippen LogP contribution in [-0.4, -0.2) is 26.7 Å². The van der Waals surface area contributed by atoms with Gasteiger partial charge in [0.2, 0.25) is 10.0 Å². The van der Waals surface area contributed by atoms with Crippen molar-refractivity contribution in [1.82, 2.24) is 0 Å². The van der Waals surface area contributed by atoms with E-state index in [0.717, 1.165) is 12.8 Å². The van der Waals surface area contributed by atoms with Crippen LogP contribution in [0.2, 0.25) is 0 Å². The molecule has 0 aromatic heterocycles. The summed E-state index contributed by atoms with van der Waals surface area (Å²) in [6, 6.07) is 4.73. The third-order valence-electron chi connectivity index (χ3n) is 3.19. The Kier molecular flexibility index (Phi) is 4.44. The Morgan fingerprint density at radius 3 is 2.75 bits per heavy atom. The zero-order valence-electron chi connectivity index (χ0n) is 11.4. The van der Waals surface area contributed by atoms with Gasteiger partial charge in [-0.1, -0.05) is 15.9 Å². The van der Waals surface area contributed by atoms with Gasteiger partial charge in [-0.05, 0) is 44.9 Å². The highest BCUT2D eigenvalue weighted by Crippen LogP contribution is 2.31. The van der Waals surface area contributed by atoms with E-state index in [1.54, 1.807) is 12.1 Å². The van der Waals surface area contributed by atoms with Gasteiger partial charge in [-0.15, -0.1) is 0 Å². The van der Waals surface area contributed by atoms with Gasteiger partial charge in [-0.3, -0.25) is 0 Å². The average molecular weight is 364 g/mol. The van der Waals surface area contributed by atoms with Crippen molar-refractivity contribution in [2.75, 3.05) is 6.61 Å². The topological polar surface area (TPSA) is 78.6 Å². The van der Waals surface area contributed by atoms with E-state index in [0.29, 0.717) is 11.1 Å². The monoisotopic (exact) mass is 363 g/mol. The summed E-state index contributed by atoms with van der Waals surface area (Å²) in [5, 5.41) is 5.19. The number of halogens is 1. The number of ether oxygens (including phenoxy) is 2. The maximum atomic E-state index is 11.6. The predicted octanol–water partition coefficient (Wildman–Crippen LogP) is 2.43. The van der Waals surface area contributed by atoms with Crippen LogP contribution in [0.1, 0.15) is 26.7 Å². The summed E-state index contributed by atoms with van der Waals surface area (Å²) in [6.45, 7) is 4.37. The predicted molar refractivity (Wildman–Crippen MR) is 79.2 cm³/mol. The fourth-order valence-electron chi connectivity index (χ4n) is 2.20. The first-order chi connectivity index (χ1) is 9.17. The first kappa shape index (κ1) is 15.8. The highest BCUT2D eigenvalue weighted by atomic mass is 79.9. The van der Waals surface area contributed by atoms with Crippen molar-refractivity contribution in [3.05, 3.63) is 22.7 Å². The first-order valence-corrected chi connectivity index (χ1v) is 8.64. The second-order valence-corrected chi connectivity index (χ2v) is 7.93. The van der Waals surface area contributed by atoms with Crippen LogP contribution in [0.3, 0.4) is 0 Å². The Bertz CT molecular complexity index is 600. The van der Waals surface area contributed by atoms with E-state index in [4.69, 9.17) is 14.6 Å². The number of hydrogen-bond acceptors (Lipinski definition) is 4. The molecule has 1 aliphatic heterocycles. The minimum Gasteiger partial charge on any atom is -0.489 e. The van der Waals surface area contributed by atoms with Crippen LogP contribution in [-0.2, 0) is 14.8 Å². The third-order valence-corrected chi connectivity index (χ3v) is 4.62. The maximum absolute atomic E-state index is 11.6. The zero-order valence-corrected chi connectivity index (χ0v) is 13.8. The van der Waals surface area contributed by atoms with Crippen molar-refractivity contribution in [2.24, 2.45) is 5.14 Å². The molecule has 7 heteroatoms. The van der Waals surface area contributed by atoms with Crippen molar-refractivity contribution in [3.8, 4) is 5.75 Å². The van der Waals surface area contributed by atoms with E-state index >= 15 is 0 Å². The largest absolute Gasteiger partial charge is 0.489 e. The minimum atomic E-state index is -3.82. The van der Waals surface area contributed by atoms with Crippen molar-refractivity contribution < 1.29 is 17.9 Å². The molecule has 5 nitrogen and oxygen atoms in total. The molecule has 0 bridgehead atoms. The van der Waals surface area contributed by atoms with E-state index in [1.165, 1.54) is 6.07 Å². The van der Waals surface area contributed by atoms with Crippen molar-refractivity contribution in [3.63, 3.8) is 0 Å². The fraction of sp³-hybridized carbons (Fsp3) is 0.538. The Labute approximate surface area is 127 Å². The van der Waals surface area contributed by atoms with Crippen LogP contribution >= 0.6 is 15.9 Å². The SMILES string of the molecule is CC1(C)CCC(COc2ccc(Br)cc2S(N)(=O)=O)O1. The van der Waals surface area contributed by atoms with Crippen LogP contribution < -0.4 is 9.88 Å². The second kappa shape index (κ2) is 5.63. The minimum absolute atomic E-state index is 0.0240. The maximum Gasteiger partial charge on any atom is 0.241 e. The van der Waals surface area contributed by atoms with Gasteiger partial charge in [0.1, 0.15) is 17.3 Å². The lowest BCUT2D eigenvalue weighted by atomic mass is 10.1. The molecule has 112 valence electrons. The average Bonchev–Trinajstić information content (AvgIpc) is 2.66. The summed E-state index contributed by atoms with van der Waals surface area (Å²) in [5.41, 5.74) is -0.142. The van der Waals surface area contributed by atoms with Gasteiger partial charge < -0.3 is 9.47 Å². The fourth-order valence-corrected chi connectivity index (χ4v) is 3.41.